The summed E-state index contributed by atoms with van der Waals surface area (Å²) in [6, 6.07) is 0.857. The third kappa shape index (κ3) is 2.61. The van der Waals surface area contributed by atoms with Crippen LogP contribution in [0.3, 0.4) is 0 Å². The van der Waals surface area contributed by atoms with Gasteiger partial charge in [0.25, 0.3) is 0 Å². The molecule has 0 unspecified atom stereocenters. The van der Waals surface area contributed by atoms with Crippen molar-refractivity contribution in [2.24, 2.45) is 0 Å². The van der Waals surface area contributed by atoms with Crippen molar-refractivity contribution in [3.05, 3.63) is 28.1 Å². The van der Waals surface area contributed by atoms with E-state index in [1.165, 1.54) is 0 Å². The molecule has 0 spiro atoms. The van der Waals surface area contributed by atoms with Crippen LogP contribution in [0.1, 0.15) is 35.8 Å². The van der Waals surface area contributed by atoms with Gasteiger partial charge in [0.2, 0.25) is 0 Å². The van der Waals surface area contributed by atoms with E-state index in [4.69, 9.17) is 0 Å². The van der Waals surface area contributed by atoms with Gasteiger partial charge in [-0.3, -0.25) is 0 Å². The van der Waals surface area contributed by atoms with E-state index in [0.29, 0.717) is 4.88 Å². The number of benzene rings is 1. The molecule has 1 heterocycles. The Labute approximate surface area is 114 Å². The second kappa shape index (κ2) is 4.61. The van der Waals surface area contributed by atoms with Gasteiger partial charge in [-0.05, 0) is 29.6 Å². The molecule has 0 aliphatic carbocycles. The van der Waals surface area contributed by atoms with Gasteiger partial charge in [-0.1, -0.05) is 13.8 Å². The van der Waals surface area contributed by atoms with Crippen molar-refractivity contribution < 1.29 is 26.3 Å². The van der Waals surface area contributed by atoms with Crippen molar-refractivity contribution in [3.63, 3.8) is 0 Å². The number of hydrogen-bond acceptors (Lipinski definition) is 2. The van der Waals surface area contributed by atoms with Crippen LogP contribution in [0.5, 0.6) is 0 Å². The maximum absolute atomic E-state index is 12.9. The molecule has 2 rings (SSSR count). The summed E-state index contributed by atoms with van der Waals surface area (Å²) in [5.41, 5.74) is -3.07. The van der Waals surface area contributed by atoms with Gasteiger partial charge in [0, 0.05) is 10.3 Å². The second-order valence-electron chi connectivity index (χ2n) is 4.62. The molecule has 0 N–H and O–H groups in total. The Bertz CT molecular complexity index is 638. The Hall–Kier alpha value is -1.31. The minimum absolute atomic E-state index is 0.0767. The third-order valence-corrected chi connectivity index (χ3v) is 3.93. The van der Waals surface area contributed by atoms with E-state index in [-0.39, 0.29) is 17.4 Å². The molecule has 0 fully saturated rings. The highest BCUT2D eigenvalue weighted by molar-refractivity contribution is 7.07. The molecule has 0 atom stereocenters. The molecule has 0 aliphatic heterocycles. The molecule has 0 amide bonds. The predicted octanol–water partition coefficient (Wildman–Crippen LogP) is 5.46. The van der Waals surface area contributed by atoms with Crippen LogP contribution in [0.2, 0.25) is 0 Å². The zero-order valence-electron chi connectivity index (χ0n) is 10.4. The van der Waals surface area contributed by atoms with Crippen molar-refractivity contribution >= 4 is 22.4 Å². The molecule has 1 nitrogen and oxygen atoms in total. The first kappa shape index (κ1) is 15.1. The summed E-state index contributed by atoms with van der Waals surface area (Å²) in [6.07, 6.45) is -9.70. The number of alkyl halides is 6. The van der Waals surface area contributed by atoms with Crippen LogP contribution >= 0.6 is 11.5 Å². The van der Waals surface area contributed by atoms with Crippen molar-refractivity contribution in [1.29, 1.82) is 0 Å². The molecule has 8 heteroatoms. The number of aromatic nitrogens is 1. The van der Waals surface area contributed by atoms with Crippen LogP contribution in [0.25, 0.3) is 10.9 Å². The Morgan fingerprint density at radius 2 is 1.60 bits per heavy atom. The minimum atomic E-state index is -4.87. The van der Waals surface area contributed by atoms with Crippen LogP contribution in [0.4, 0.5) is 26.3 Å². The molecular formula is C12H9F6NS. The summed E-state index contributed by atoms with van der Waals surface area (Å²) in [7, 11) is 0. The Kier molecular flexibility index (Phi) is 3.48. The largest absolute Gasteiger partial charge is 0.418 e. The molecule has 0 aliphatic rings. The molecule has 20 heavy (non-hydrogen) atoms. The van der Waals surface area contributed by atoms with E-state index in [1.807, 2.05) is 0 Å². The molecular weight excluding hydrogens is 304 g/mol. The van der Waals surface area contributed by atoms with Crippen LogP contribution in [-0.4, -0.2) is 4.37 Å². The van der Waals surface area contributed by atoms with Gasteiger partial charge in [0.1, 0.15) is 0 Å². The van der Waals surface area contributed by atoms with Gasteiger partial charge in [-0.15, -0.1) is 0 Å². The fourth-order valence-electron chi connectivity index (χ4n) is 1.86. The van der Waals surface area contributed by atoms with Gasteiger partial charge in [0.05, 0.1) is 16.6 Å². The molecule has 0 saturated carbocycles. The zero-order valence-corrected chi connectivity index (χ0v) is 11.2. The van der Waals surface area contributed by atoms with Crippen molar-refractivity contribution in [2.75, 3.05) is 0 Å². The molecule has 2 aromatic rings. The Balaban J connectivity index is 2.84. The first-order valence-electron chi connectivity index (χ1n) is 5.59. The smallest absolute Gasteiger partial charge is 0.192 e. The van der Waals surface area contributed by atoms with Gasteiger partial charge < -0.3 is 0 Å². The normalized spacial score (nSPS) is 13.4. The summed E-state index contributed by atoms with van der Waals surface area (Å²) < 4.78 is 80.6. The maximum Gasteiger partial charge on any atom is 0.418 e. The number of halogens is 6. The first-order valence-corrected chi connectivity index (χ1v) is 6.37. The fourth-order valence-corrected chi connectivity index (χ4v) is 2.71. The highest BCUT2D eigenvalue weighted by atomic mass is 32.1. The van der Waals surface area contributed by atoms with Gasteiger partial charge in [-0.2, -0.15) is 30.7 Å². The van der Waals surface area contributed by atoms with E-state index in [9.17, 15) is 26.3 Å². The monoisotopic (exact) mass is 313 g/mol. The topological polar surface area (TPSA) is 12.9 Å². The van der Waals surface area contributed by atoms with Crippen molar-refractivity contribution in [2.45, 2.75) is 32.1 Å². The number of rotatable bonds is 1. The van der Waals surface area contributed by atoms with Crippen molar-refractivity contribution in [3.8, 4) is 0 Å². The highest BCUT2D eigenvalue weighted by Gasteiger charge is 2.39. The summed E-state index contributed by atoms with van der Waals surface area (Å²) in [5, 5.41) is -0.0767. The van der Waals surface area contributed by atoms with E-state index in [0.717, 1.165) is 17.6 Å². The van der Waals surface area contributed by atoms with E-state index >= 15 is 0 Å². The predicted molar refractivity (Wildman–Crippen MR) is 63.7 cm³/mol. The third-order valence-electron chi connectivity index (χ3n) is 2.77. The number of nitrogens with zero attached hydrogens (tertiary/aromatic N) is 1. The fraction of sp³-hybridized carbons (Fsp3) is 0.417. The maximum atomic E-state index is 12.9. The average molecular weight is 313 g/mol. The van der Waals surface area contributed by atoms with Crippen LogP contribution < -0.4 is 0 Å². The lowest BCUT2D eigenvalue weighted by molar-refractivity contribution is -0.142. The summed E-state index contributed by atoms with van der Waals surface area (Å²) in [4.78, 5) is 0.414. The minimum Gasteiger partial charge on any atom is -0.192 e. The Morgan fingerprint density at radius 3 is 2.05 bits per heavy atom. The molecule has 0 radical (unpaired) electrons. The van der Waals surface area contributed by atoms with Gasteiger partial charge in [-0.25, -0.2) is 0 Å². The quantitative estimate of drug-likeness (QED) is 0.637. The summed E-state index contributed by atoms with van der Waals surface area (Å²) in [6.45, 7) is 3.39. The summed E-state index contributed by atoms with van der Waals surface area (Å²) >= 11 is 0.803. The average Bonchev–Trinajstić information content (AvgIpc) is 2.68. The molecule has 0 bridgehead atoms. The van der Waals surface area contributed by atoms with E-state index < -0.39 is 29.0 Å². The van der Waals surface area contributed by atoms with Crippen LogP contribution in [0.15, 0.2) is 12.1 Å². The molecule has 0 saturated heterocycles. The molecule has 1 aromatic carbocycles. The van der Waals surface area contributed by atoms with Crippen LogP contribution in [-0.2, 0) is 12.4 Å². The number of fused-ring (bicyclic) bond motifs is 1. The van der Waals surface area contributed by atoms with E-state index in [1.54, 1.807) is 13.8 Å². The van der Waals surface area contributed by atoms with Gasteiger partial charge in [0.15, 0.2) is 0 Å². The first-order chi connectivity index (χ1) is 9.01. The lowest BCUT2D eigenvalue weighted by Gasteiger charge is -2.13. The zero-order chi connectivity index (χ0) is 15.3. The summed E-state index contributed by atoms with van der Waals surface area (Å²) in [5.74, 6) is -0.199. The molecule has 110 valence electrons. The lowest BCUT2D eigenvalue weighted by atomic mass is 10.0. The Morgan fingerprint density at radius 1 is 1.00 bits per heavy atom. The SMILES string of the molecule is CC(C)c1snc2c(C(F)(F)F)cc(C(F)(F)F)cc12. The number of hydrogen-bond donors (Lipinski definition) is 0. The molecule has 1 aromatic heterocycles. The lowest BCUT2D eigenvalue weighted by Crippen LogP contribution is -2.11. The standard InChI is InChI=1S/C12H9F6NS/c1-5(2)10-7-3-6(11(13,14)15)4-8(12(16,17)18)9(7)19-20-10/h3-5H,1-2H3. The van der Waals surface area contributed by atoms with Crippen molar-refractivity contribution in [1.82, 2.24) is 4.37 Å². The van der Waals surface area contributed by atoms with Gasteiger partial charge >= 0.3 is 12.4 Å². The van der Waals surface area contributed by atoms with Crippen LogP contribution in [0, 0.1) is 0 Å². The second-order valence-corrected chi connectivity index (χ2v) is 5.42. The highest BCUT2D eigenvalue weighted by Crippen LogP contribution is 2.42. The van der Waals surface area contributed by atoms with E-state index in [2.05, 4.69) is 4.37 Å².